The van der Waals surface area contributed by atoms with E-state index in [1.807, 2.05) is 0 Å². The van der Waals surface area contributed by atoms with E-state index in [0.717, 1.165) is 5.75 Å². The number of aliphatic carboxylic acids is 1. The van der Waals surface area contributed by atoms with Crippen molar-refractivity contribution < 1.29 is 14.7 Å². The maximum Gasteiger partial charge on any atom is 0.327 e. The molecule has 7 nitrogen and oxygen atoms in total. The molecule has 0 saturated carbocycles. The molecule has 2 amide bonds. The highest BCUT2D eigenvalue weighted by molar-refractivity contribution is 7.99. The summed E-state index contributed by atoms with van der Waals surface area (Å²) in [6.07, 6.45) is 1.63. The van der Waals surface area contributed by atoms with Gasteiger partial charge in [-0.05, 0) is 13.0 Å². The Labute approximate surface area is 120 Å². The average Bonchev–Trinajstić information content (AvgIpc) is 2.45. The average molecular weight is 296 g/mol. The lowest BCUT2D eigenvalue weighted by Gasteiger charge is -2.32. The minimum absolute atomic E-state index is 0.262. The summed E-state index contributed by atoms with van der Waals surface area (Å²) in [7, 11) is 0. The lowest BCUT2D eigenvalue weighted by molar-refractivity contribution is -0.141. The van der Waals surface area contributed by atoms with Gasteiger partial charge < -0.3 is 15.3 Å². The molecule has 1 atom stereocenters. The molecule has 1 aromatic heterocycles. The van der Waals surface area contributed by atoms with E-state index >= 15 is 0 Å². The number of carbonyl (C=O) groups is 2. The Kier molecular flexibility index (Phi) is 4.78. The van der Waals surface area contributed by atoms with Crippen LogP contribution in [0, 0.1) is 6.92 Å². The van der Waals surface area contributed by atoms with Crippen LogP contribution in [0.2, 0.25) is 0 Å². The third-order valence-corrected chi connectivity index (χ3v) is 3.95. The lowest BCUT2D eigenvalue weighted by atomic mass is 10.3. The molecule has 0 radical (unpaired) electrons. The standard InChI is InChI=1S/C12H16N4O3S/c1-8-13-3-2-9(15-8)6-14-12(19)16-4-5-20-7-10(16)11(17)18/h2-3,10H,4-7H2,1H3,(H,14,19)(H,17,18). The maximum atomic E-state index is 12.1. The number of carboxylic acid groups (broad SMARTS) is 1. The molecule has 1 aliphatic heterocycles. The van der Waals surface area contributed by atoms with Crippen molar-refractivity contribution in [3.05, 3.63) is 23.8 Å². The van der Waals surface area contributed by atoms with Gasteiger partial charge >= 0.3 is 12.0 Å². The molecule has 1 unspecified atom stereocenters. The Bertz CT molecular complexity index is 511. The number of urea groups is 1. The second-order valence-electron chi connectivity index (χ2n) is 4.38. The minimum Gasteiger partial charge on any atom is -0.480 e. The summed E-state index contributed by atoms with van der Waals surface area (Å²) in [6, 6.07) is 0.587. The van der Waals surface area contributed by atoms with E-state index in [1.165, 1.54) is 4.90 Å². The number of amides is 2. The number of carboxylic acids is 1. The number of rotatable bonds is 3. The van der Waals surface area contributed by atoms with Crippen molar-refractivity contribution in [3.8, 4) is 0 Å². The highest BCUT2D eigenvalue weighted by Gasteiger charge is 2.32. The first-order chi connectivity index (χ1) is 9.58. The van der Waals surface area contributed by atoms with E-state index in [4.69, 9.17) is 5.11 Å². The topological polar surface area (TPSA) is 95.4 Å². The van der Waals surface area contributed by atoms with Gasteiger partial charge in [-0.15, -0.1) is 0 Å². The fourth-order valence-electron chi connectivity index (χ4n) is 1.92. The summed E-state index contributed by atoms with van der Waals surface area (Å²) in [5, 5.41) is 11.8. The van der Waals surface area contributed by atoms with Crippen molar-refractivity contribution in [2.45, 2.75) is 19.5 Å². The van der Waals surface area contributed by atoms with E-state index in [9.17, 15) is 9.59 Å². The van der Waals surface area contributed by atoms with Crippen LogP contribution in [-0.4, -0.2) is 56.1 Å². The number of hydrogen-bond acceptors (Lipinski definition) is 5. The number of nitrogens with one attached hydrogen (secondary N) is 1. The van der Waals surface area contributed by atoms with Crippen LogP contribution in [0.1, 0.15) is 11.5 Å². The van der Waals surface area contributed by atoms with Gasteiger partial charge in [0.15, 0.2) is 0 Å². The third-order valence-electron chi connectivity index (χ3n) is 2.93. The first-order valence-electron chi connectivity index (χ1n) is 6.21. The van der Waals surface area contributed by atoms with Crippen LogP contribution in [0.15, 0.2) is 12.3 Å². The van der Waals surface area contributed by atoms with Crippen molar-refractivity contribution in [1.82, 2.24) is 20.2 Å². The number of aromatic nitrogens is 2. The summed E-state index contributed by atoms with van der Waals surface area (Å²) < 4.78 is 0. The van der Waals surface area contributed by atoms with Crippen molar-refractivity contribution in [2.75, 3.05) is 18.1 Å². The zero-order valence-electron chi connectivity index (χ0n) is 11.1. The van der Waals surface area contributed by atoms with Gasteiger partial charge in [0.25, 0.3) is 0 Å². The highest BCUT2D eigenvalue weighted by Crippen LogP contribution is 2.16. The largest absolute Gasteiger partial charge is 0.480 e. The predicted octanol–water partition coefficient (Wildman–Crippen LogP) is 0.497. The Balaban J connectivity index is 1.95. The second kappa shape index (κ2) is 6.56. The van der Waals surface area contributed by atoms with Gasteiger partial charge in [-0.1, -0.05) is 0 Å². The van der Waals surface area contributed by atoms with Gasteiger partial charge in [-0.3, -0.25) is 0 Å². The normalized spacial score (nSPS) is 18.6. The molecule has 20 heavy (non-hydrogen) atoms. The molecule has 1 fully saturated rings. The van der Waals surface area contributed by atoms with Gasteiger partial charge in [0.05, 0.1) is 12.2 Å². The molecule has 2 rings (SSSR count). The summed E-state index contributed by atoms with van der Waals surface area (Å²) in [4.78, 5) is 32.7. The molecular weight excluding hydrogens is 280 g/mol. The van der Waals surface area contributed by atoms with Crippen LogP contribution < -0.4 is 5.32 Å². The number of aryl methyl sites for hydroxylation is 1. The maximum absolute atomic E-state index is 12.1. The van der Waals surface area contributed by atoms with Gasteiger partial charge in [0.2, 0.25) is 0 Å². The summed E-state index contributed by atoms with van der Waals surface area (Å²) in [6.45, 7) is 2.47. The molecule has 8 heteroatoms. The molecular formula is C12H16N4O3S. The zero-order valence-corrected chi connectivity index (χ0v) is 11.9. The van der Waals surface area contributed by atoms with E-state index in [-0.39, 0.29) is 12.6 Å². The SMILES string of the molecule is Cc1nccc(CNC(=O)N2CCSCC2C(=O)O)n1. The molecule has 0 spiro atoms. The molecule has 0 aromatic carbocycles. The minimum atomic E-state index is -0.967. The van der Waals surface area contributed by atoms with Crippen LogP contribution in [0.3, 0.4) is 0 Å². The van der Waals surface area contributed by atoms with Gasteiger partial charge in [0.1, 0.15) is 11.9 Å². The number of hydrogen-bond donors (Lipinski definition) is 2. The Hall–Kier alpha value is -1.83. The molecule has 2 N–H and O–H groups in total. The van der Waals surface area contributed by atoms with Crippen LogP contribution in [0.5, 0.6) is 0 Å². The fourth-order valence-corrected chi connectivity index (χ4v) is 2.96. The first-order valence-corrected chi connectivity index (χ1v) is 7.37. The van der Waals surface area contributed by atoms with E-state index in [2.05, 4.69) is 15.3 Å². The Morgan fingerprint density at radius 2 is 2.40 bits per heavy atom. The molecule has 1 aliphatic rings. The second-order valence-corrected chi connectivity index (χ2v) is 5.53. The van der Waals surface area contributed by atoms with E-state index in [1.54, 1.807) is 30.9 Å². The van der Waals surface area contributed by atoms with E-state index < -0.39 is 12.0 Å². The molecule has 1 aromatic rings. The molecule has 0 bridgehead atoms. The zero-order chi connectivity index (χ0) is 14.5. The van der Waals surface area contributed by atoms with Crippen LogP contribution >= 0.6 is 11.8 Å². The molecule has 0 aliphatic carbocycles. The van der Waals surface area contributed by atoms with Crippen LogP contribution in [0.4, 0.5) is 4.79 Å². The summed E-state index contributed by atoms with van der Waals surface area (Å²) in [5.41, 5.74) is 0.698. The van der Waals surface area contributed by atoms with Gasteiger partial charge in [0, 0.05) is 24.2 Å². The van der Waals surface area contributed by atoms with E-state index in [0.29, 0.717) is 23.8 Å². The monoisotopic (exact) mass is 296 g/mol. The van der Waals surface area contributed by atoms with Gasteiger partial charge in [-0.2, -0.15) is 11.8 Å². The Morgan fingerprint density at radius 1 is 1.60 bits per heavy atom. The number of nitrogens with zero attached hydrogens (tertiary/aromatic N) is 3. The number of thioether (sulfide) groups is 1. The van der Waals surface area contributed by atoms with Crippen molar-refractivity contribution >= 4 is 23.8 Å². The van der Waals surface area contributed by atoms with Crippen LogP contribution in [0.25, 0.3) is 0 Å². The molecule has 1 saturated heterocycles. The molecule has 2 heterocycles. The predicted molar refractivity (Wildman–Crippen MR) is 74.5 cm³/mol. The first kappa shape index (κ1) is 14.6. The Morgan fingerprint density at radius 3 is 3.10 bits per heavy atom. The van der Waals surface area contributed by atoms with Crippen molar-refractivity contribution in [3.63, 3.8) is 0 Å². The highest BCUT2D eigenvalue weighted by atomic mass is 32.2. The quantitative estimate of drug-likeness (QED) is 0.843. The summed E-state index contributed by atoms with van der Waals surface area (Å²) in [5.74, 6) is 0.846. The smallest absolute Gasteiger partial charge is 0.327 e. The molecule has 108 valence electrons. The third kappa shape index (κ3) is 3.60. The van der Waals surface area contributed by atoms with Crippen molar-refractivity contribution in [2.24, 2.45) is 0 Å². The van der Waals surface area contributed by atoms with Gasteiger partial charge in [-0.25, -0.2) is 19.6 Å². The van der Waals surface area contributed by atoms with Crippen LogP contribution in [-0.2, 0) is 11.3 Å². The summed E-state index contributed by atoms with van der Waals surface area (Å²) >= 11 is 1.55. The fraction of sp³-hybridized carbons (Fsp3) is 0.500. The number of carbonyl (C=O) groups excluding carboxylic acids is 1. The van der Waals surface area contributed by atoms with Crippen molar-refractivity contribution in [1.29, 1.82) is 0 Å². The lowest BCUT2D eigenvalue weighted by Crippen LogP contribution is -2.53.